The van der Waals surface area contributed by atoms with Crippen molar-refractivity contribution in [3.63, 3.8) is 0 Å². The van der Waals surface area contributed by atoms with Gasteiger partial charge in [0.05, 0.1) is 24.3 Å². The summed E-state index contributed by atoms with van der Waals surface area (Å²) in [6.07, 6.45) is -7.67. The molecule has 1 aromatic rings. The Morgan fingerprint density at radius 3 is 2.64 bits per heavy atom. The molecule has 1 saturated heterocycles. The maximum Gasteiger partial charge on any atom is 0.435 e. The van der Waals surface area contributed by atoms with Gasteiger partial charge >= 0.3 is 6.18 Å². The molecule has 1 fully saturated rings. The van der Waals surface area contributed by atoms with Gasteiger partial charge in [0.15, 0.2) is 5.69 Å². The smallest absolute Gasteiger partial charge is 0.382 e. The van der Waals surface area contributed by atoms with Gasteiger partial charge in [0, 0.05) is 12.2 Å². The lowest BCUT2D eigenvalue weighted by Crippen LogP contribution is -2.29. The van der Waals surface area contributed by atoms with Crippen LogP contribution in [0.15, 0.2) is 0 Å². The lowest BCUT2D eigenvalue weighted by atomic mass is 10.0. The number of fused-ring (bicyclic) bond motifs is 1. The summed E-state index contributed by atoms with van der Waals surface area (Å²) in [5.41, 5.74) is -2.41. The van der Waals surface area contributed by atoms with Gasteiger partial charge in [0.1, 0.15) is 6.10 Å². The van der Waals surface area contributed by atoms with E-state index in [0.29, 0.717) is 19.4 Å². The summed E-state index contributed by atoms with van der Waals surface area (Å²) in [4.78, 5) is 0. The average molecular weight is 326 g/mol. The fourth-order valence-corrected chi connectivity index (χ4v) is 3.18. The lowest BCUT2D eigenvalue weighted by Gasteiger charge is -2.28. The van der Waals surface area contributed by atoms with E-state index < -0.39 is 41.9 Å². The first kappa shape index (κ1) is 15.7. The third-order valence-electron chi connectivity index (χ3n) is 4.20. The molecule has 3 rings (SSSR count). The van der Waals surface area contributed by atoms with E-state index in [4.69, 9.17) is 4.74 Å². The van der Waals surface area contributed by atoms with Crippen LogP contribution in [0.1, 0.15) is 48.9 Å². The van der Waals surface area contributed by atoms with Crippen LogP contribution in [-0.2, 0) is 17.3 Å². The van der Waals surface area contributed by atoms with Gasteiger partial charge in [-0.1, -0.05) is 0 Å². The van der Waals surface area contributed by atoms with Crippen LogP contribution in [0.2, 0.25) is 0 Å². The molecule has 3 atom stereocenters. The summed E-state index contributed by atoms with van der Waals surface area (Å²) >= 11 is 0. The fraction of sp³-hybridized carbons (Fsp3) is 0.769. The minimum Gasteiger partial charge on any atom is -0.382 e. The maximum absolute atomic E-state index is 13.7. The van der Waals surface area contributed by atoms with E-state index >= 15 is 0 Å². The number of halogens is 5. The van der Waals surface area contributed by atoms with Crippen LogP contribution in [0.25, 0.3) is 0 Å². The molecule has 1 N–H and O–H groups in total. The maximum atomic E-state index is 13.7. The first-order valence-electron chi connectivity index (χ1n) is 6.97. The van der Waals surface area contributed by atoms with Gasteiger partial charge in [-0.15, -0.1) is 0 Å². The highest BCUT2D eigenvalue weighted by atomic mass is 19.4. The standard InChI is InChI=1S/C13H15F5N2O2/c1-6-4-7(2-3-22-6)20-8-5-12(14,15)11(21)9(8)10(19-20)13(16,17)18/h6-7,11,21H,2-5H2,1H3/t6-,7-,11-/m0/s1. The molecule has 1 aliphatic heterocycles. The van der Waals surface area contributed by atoms with Gasteiger partial charge in [0.25, 0.3) is 5.92 Å². The van der Waals surface area contributed by atoms with E-state index in [1.807, 2.05) is 0 Å². The summed E-state index contributed by atoms with van der Waals surface area (Å²) in [6, 6.07) is -0.435. The van der Waals surface area contributed by atoms with Crippen LogP contribution in [0.4, 0.5) is 22.0 Å². The molecule has 0 aromatic carbocycles. The molecule has 0 bridgehead atoms. The first-order chi connectivity index (χ1) is 10.1. The zero-order valence-corrected chi connectivity index (χ0v) is 11.7. The van der Waals surface area contributed by atoms with Crippen molar-refractivity contribution in [1.29, 1.82) is 0 Å². The van der Waals surface area contributed by atoms with Gasteiger partial charge < -0.3 is 9.84 Å². The van der Waals surface area contributed by atoms with Crippen molar-refractivity contribution >= 4 is 0 Å². The second-order valence-electron chi connectivity index (χ2n) is 5.85. The largest absolute Gasteiger partial charge is 0.435 e. The SMILES string of the molecule is C[C@H]1C[C@@H](n2nc(C(F)(F)F)c3c2CC(F)(F)[C@H]3O)CCO1. The topological polar surface area (TPSA) is 47.3 Å². The number of aliphatic hydroxyl groups is 1. The molecule has 0 unspecified atom stereocenters. The van der Waals surface area contributed by atoms with Crippen molar-refractivity contribution in [3.8, 4) is 0 Å². The fourth-order valence-electron chi connectivity index (χ4n) is 3.18. The van der Waals surface area contributed by atoms with Crippen LogP contribution in [0, 0.1) is 0 Å². The van der Waals surface area contributed by atoms with Crippen molar-refractivity contribution < 1.29 is 31.8 Å². The zero-order valence-electron chi connectivity index (χ0n) is 11.7. The third-order valence-corrected chi connectivity index (χ3v) is 4.20. The Kier molecular flexibility index (Phi) is 3.48. The third kappa shape index (κ3) is 2.40. The molecule has 0 amide bonds. The van der Waals surface area contributed by atoms with E-state index in [1.54, 1.807) is 6.92 Å². The number of hydrogen-bond acceptors (Lipinski definition) is 3. The average Bonchev–Trinajstić information content (AvgIpc) is 2.85. The van der Waals surface area contributed by atoms with E-state index in [-0.39, 0.29) is 11.8 Å². The second kappa shape index (κ2) is 4.89. The van der Waals surface area contributed by atoms with Gasteiger partial charge in [-0.25, -0.2) is 8.78 Å². The van der Waals surface area contributed by atoms with Crippen molar-refractivity contribution in [2.24, 2.45) is 0 Å². The number of ether oxygens (including phenoxy) is 1. The second-order valence-corrected chi connectivity index (χ2v) is 5.85. The lowest BCUT2D eigenvalue weighted by molar-refractivity contribution is -0.146. The molecule has 22 heavy (non-hydrogen) atoms. The molecular formula is C13H15F5N2O2. The Morgan fingerprint density at radius 1 is 1.36 bits per heavy atom. The Bertz CT molecular complexity index is 584. The summed E-state index contributed by atoms with van der Waals surface area (Å²) in [7, 11) is 0. The number of aromatic nitrogens is 2. The number of hydrogen-bond donors (Lipinski definition) is 1. The Labute approximate surface area is 122 Å². The van der Waals surface area contributed by atoms with E-state index in [9.17, 15) is 27.1 Å². The molecule has 1 aromatic heterocycles. The van der Waals surface area contributed by atoms with Crippen molar-refractivity contribution in [3.05, 3.63) is 17.0 Å². The highest BCUT2D eigenvalue weighted by Crippen LogP contribution is 2.49. The van der Waals surface area contributed by atoms with Gasteiger partial charge in [-0.3, -0.25) is 4.68 Å². The number of alkyl halides is 5. The number of aliphatic hydroxyl groups excluding tert-OH is 1. The van der Waals surface area contributed by atoms with E-state index in [1.165, 1.54) is 0 Å². The minimum absolute atomic E-state index is 0.181. The van der Waals surface area contributed by atoms with Gasteiger partial charge in [0.2, 0.25) is 0 Å². The van der Waals surface area contributed by atoms with Crippen LogP contribution in [0.3, 0.4) is 0 Å². The Morgan fingerprint density at radius 2 is 2.05 bits per heavy atom. The highest BCUT2D eigenvalue weighted by Gasteiger charge is 2.55. The number of nitrogens with zero attached hydrogens (tertiary/aromatic N) is 2. The Hall–Kier alpha value is -1.22. The minimum atomic E-state index is -4.88. The zero-order chi connectivity index (χ0) is 16.3. The predicted octanol–water partition coefficient (Wildman–Crippen LogP) is 2.87. The monoisotopic (exact) mass is 326 g/mol. The predicted molar refractivity (Wildman–Crippen MR) is 64.5 cm³/mol. The quantitative estimate of drug-likeness (QED) is 0.807. The van der Waals surface area contributed by atoms with Crippen LogP contribution in [0.5, 0.6) is 0 Å². The summed E-state index contributed by atoms with van der Waals surface area (Å²) in [5.74, 6) is -3.61. The molecule has 9 heteroatoms. The molecule has 4 nitrogen and oxygen atoms in total. The molecule has 124 valence electrons. The van der Waals surface area contributed by atoms with Crippen LogP contribution >= 0.6 is 0 Å². The van der Waals surface area contributed by atoms with Crippen LogP contribution < -0.4 is 0 Å². The molecule has 1 aliphatic carbocycles. The Balaban J connectivity index is 2.08. The molecule has 2 aliphatic rings. The van der Waals surface area contributed by atoms with Gasteiger partial charge in [-0.05, 0) is 19.8 Å². The van der Waals surface area contributed by atoms with Crippen molar-refractivity contribution in [2.75, 3.05) is 6.61 Å². The van der Waals surface area contributed by atoms with Crippen molar-refractivity contribution in [1.82, 2.24) is 9.78 Å². The normalized spacial score (nSPS) is 31.3. The van der Waals surface area contributed by atoms with E-state index in [0.717, 1.165) is 4.68 Å². The summed E-state index contributed by atoms with van der Waals surface area (Å²) in [5, 5.41) is 13.1. The number of rotatable bonds is 1. The molecule has 0 spiro atoms. The highest BCUT2D eigenvalue weighted by molar-refractivity contribution is 5.38. The first-order valence-corrected chi connectivity index (χ1v) is 6.97. The molecule has 2 heterocycles. The van der Waals surface area contributed by atoms with Crippen molar-refractivity contribution in [2.45, 2.75) is 56.5 Å². The molecule has 0 radical (unpaired) electrons. The molecular weight excluding hydrogens is 311 g/mol. The van der Waals surface area contributed by atoms with Gasteiger partial charge in [-0.2, -0.15) is 18.3 Å². The summed E-state index contributed by atoms with van der Waals surface area (Å²) < 4.78 is 72.9. The molecule has 0 saturated carbocycles. The summed E-state index contributed by atoms with van der Waals surface area (Å²) in [6.45, 7) is 2.10. The van der Waals surface area contributed by atoms with Crippen LogP contribution in [-0.4, -0.2) is 33.5 Å². The van der Waals surface area contributed by atoms with E-state index in [2.05, 4.69) is 5.10 Å².